The summed E-state index contributed by atoms with van der Waals surface area (Å²) >= 11 is 8.20. The molecule has 0 saturated heterocycles. The van der Waals surface area contributed by atoms with Gasteiger partial charge in [0.15, 0.2) is 0 Å². The number of benzene rings is 2. The van der Waals surface area contributed by atoms with Crippen LogP contribution in [0.25, 0.3) is 10.2 Å². The van der Waals surface area contributed by atoms with Crippen molar-refractivity contribution in [3.8, 4) is 5.75 Å². The summed E-state index contributed by atoms with van der Waals surface area (Å²) in [5, 5.41) is 1.00. The van der Waals surface area contributed by atoms with Gasteiger partial charge in [-0.05, 0) is 29.8 Å². The number of halogens is 1. The molecule has 0 aliphatic rings. The van der Waals surface area contributed by atoms with Crippen LogP contribution in [0.4, 0.5) is 0 Å². The van der Waals surface area contributed by atoms with Crippen LogP contribution in [0.3, 0.4) is 0 Å². The zero-order chi connectivity index (χ0) is 13.9. The van der Waals surface area contributed by atoms with Crippen molar-refractivity contribution in [1.82, 2.24) is 4.98 Å². The average molecular weight is 304 g/mol. The number of hydrogen-bond acceptors (Lipinski definition) is 3. The van der Waals surface area contributed by atoms with Crippen LogP contribution in [0.2, 0.25) is 0 Å². The van der Waals surface area contributed by atoms with Gasteiger partial charge in [-0.2, -0.15) is 0 Å². The fourth-order valence-electron chi connectivity index (χ4n) is 2.09. The summed E-state index contributed by atoms with van der Waals surface area (Å²) in [5.74, 6) is 0.845. The monoisotopic (exact) mass is 303 g/mol. The standard InChI is InChI=1S/C16H14ClNOS/c1-19-12-8-6-11(7-9-12)13(17)10-16-18-14-4-2-3-5-15(14)20-16/h2-9,13H,10H2,1H3. The van der Waals surface area contributed by atoms with Crippen molar-refractivity contribution in [1.29, 1.82) is 0 Å². The number of para-hydroxylation sites is 1. The second kappa shape index (κ2) is 5.81. The maximum Gasteiger partial charge on any atom is 0.118 e. The van der Waals surface area contributed by atoms with Gasteiger partial charge in [0, 0.05) is 6.42 Å². The first-order valence-corrected chi connectivity index (χ1v) is 7.64. The van der Waals surface area contributed by atoms with Gasteiger partial charge in [-0.3, -0.25) is 0 Å². The van der Waals surface area contributed by atoms with Gasteiger partial charge in [0.05, 0.1) is 27.7 Å². The number of hydrogen-bond donors (Lipinski definition) is 0. The molecule has 3 rings (SSSR count). The highest BCUT2D eigenvalue weighted by Crippen LogP contribution is 2.30. The van der Waals surface area contributed by atoms with E-state index in [0.29, 0.717) is 0 Å². The van der Waals surface area contributed by atoms with E-state index < -0.39 is 0 Å². The lowest BCUT2D eigenvalue weighted by atomic mass is 10.1. The molecular formula is C16H14ClNOS. The Morgan fingerprint density at radius 2 is 1.90 bits per heavy atom. The number of ether oxygens (including phenoxy) is 1. The van der Waals surface area contributed by atoms with E-state index in [1.165, 1.54) is 4.70 Å². The Morgan fingerprint density at radius 1 is 1.15 bits per heavy atom. The van der Waals surface area contributed by atoms with Crippen LogP contribution >= 0.6 is 22.9 Å². The molecule has 0 N–H and O–H groups in total. The second-order valence-electron chi connectivity index (χ2n) is 4.52. The Bertz CT molecular complexity index is 675. The normalized spacial score (nSPS) is 12.5. The first-order valence-electron chi connectivity index (χ1n) is 6.39. The predicted molar refractivity (Wildman–Crippen MR) is 84.9 cm³/mol. The number of fused-ring (bicyclic) bond motifs is 1. The fraction of sp³-hybridized carbons (Fsp3) is 0.188. The average Bonchev–Trinajstić information content (AvgIpc) is 2.89. The minimum absolute atomic E-state index is 0.0681. The highest BCUT2D eigenvalue weighted by molar-refractivity contribution is 7.18. The van der Waals surface area contributed by atoms with E-state index in [1.54, 1.807) is 18.4 Å². The van der Waals surface area contributed by atoms with Crippen LogP contribution in [0, 0.1) is 0 Å². The van der Waals surface area contributed by atoms with Crippen LogP contribution in [0.1, 0.15) is 15.9 Å². The number of rotatable bonds is 4. The van der Waals surface area contributed by atoms with E-state index in [0.717, 1.165) is 28.3 Å². The Kier molecular flexibility index (Phi) is 3.90. The topological polar surface area (TPSA) is 22.1 Å². The van der Waals surface area contributed by atoms with Gasteiger partial charge in [0.25, 0.3) is 0 Å². The molecule has 1 atom stereocenters. The molecule has 0 spiro atoms. The van der Waals surface area contributed by atoms with Gasteiger partial charge in [0.2, 0.25) is 0 Å². The summed E-state index contributed by atoms with van der Waals surface area (Å²) in [6.07, 6.45) is 0.743. The predicted octanol–water partition coefficient (Wildman–Crippen LogP) is 4.83. The van der Waals surface area contributed by atoms with E-state index in [9.17, 15) is 0 Å². The molecular weight excluding hydrogens is 290 g/mol. The van der Waals surface area contributed by atoms with Crippen molar-refractivity contribution >= 4 is 33.2 Å². The molecule has 0 radical (unpaired) electrons. The Hall–Kier alpha value is -1.58. The quantitative estimate of drug-likeness (QED) is 0.644. The Morgan fingerprint density at radius 3 is 2.60 bits per heavy atom. The molecule has 102 valence electrons. The third-order valence-corrected chi connectivity index (χ3v) is 4.63. The van der Waals surface area contributed by atoms with Gasteiger partial charge in [-0.15, -0.1) is 22.9 Å². The molecule has 2 aromatic carbocycles. The second-order valence-corrected chi connectivity index (χ2v) is 6.16. The molecule has 1 aromatic heterocycles. The van der Waals surface area contributed by atoms with Crippen molar-refractivity contribution in [3.05, 3.63) is 59.1 Å². The Balaban J connectivity index is 1.78. The van der Waals surface area contributed by atoms with Gasteiger partial charge >= 0.3 is 0 Å². The van der Waals surface area contributed by atoms with E-state index in [2.05, 4.69) is 11.1 Å². The van der Waals surface area contributed by atoms with Crippen LogP contribution in [-0.2, 0) is 6.42 Å². The summed E-state index contributed by atoms with van der Waals surface area (Å²) < 4.78 is 6.36. The molecule has 0 fully saturated rings. The first kappa shape index (κ1) is 13.4. The molecule has 1 unspecified atom stereocenters. The lowest BCUT2D eigenvalue weighted by Gasteiger charge is -2.08. The summed E-state index contributed by atoms with van der Waals surface area (Å²) in [5.41, 5.74) is 2.14. The van der Waals surface area contributed by atoms with Crippen LogP contribution in [0.5, 0.6) is 5.75 Å². The fourth-order valence-corrected chi connectivity index (χ4v) is 3.49. The van der Waals surface area contributed by atoms with Crippen molar-refractivity contribution < 1.29 is 4.74 Å². The lowest BCUT2D eigenvalue weighted by molar-refractivity contribution is 0.414. The minimum atomic E-state index is -0.0681. The number of thiazole rings is 1. The van der Waals surface area contributed by atoms with E-state index >= 15 is 0 Å². The molecule has 3 aromatic rings. The van der Waals surface area contributed by atoms with E-state index in [4.69, 9.17) is 16.3 Å². The maximum atomic E-state index is 6.49. The molecule has 4 heteroatoms. The van der Waals surface area contributed by atoms with Gasteiger partial charge in [-0.1, -0.05) is 24.3 Å². The molecule has 0 saturated carbocycles. The van der Waals surface area contributed by atoms with Gasteiger partial charge < -0.3 is 4.74 Å². The molecule has 0 aliphatic carbocycles. The van der Waals surface area contributed by atoms with Crippen LogP contribution in [0.15, 0.2) is 48.5 Å². The summed E-state index contributed by atoms with van der Waals surface area (Å²) in [6, 6.07) is 16.0. The van der Waals surface area contributed by atoms with Crippen molar-refractivity contribution in [2.45, 2.75) is 11.8 Å². The number of nitrogens with zero attached hydrogens (tertiary/aromatic N) is 1. The summed E-state index contributed by atoms with van der Waals surface area (Å²) in [6.45, 7) is 0. The molecule has 1 heterocycles. The van der Waals surface area contributed by atoms with Crippen molar-refractivity contribution in [2.75, 3.05) is 7.11 Å². The highest BCUT2D eigenvalue weighted by atomic mass is 35.5. The van der Waals surface area contributed by atoms with Crippen molar-refractivity contribution in [2.24, 2.45) is 0 Å². The Labute approximate surface area is 127 Å². The van der Waals surface area contributed by atoms with Crippen LogP contribution < -0.4 is 4.74 Å². The number of methoxy groups -OCH3 is 1. The zero-order valence-electron chi connectivity index (χ0n) is 11.0. The van der Waals surface area contributed by atoms with E-state index in [1.807, 2.05) is 42.5 Å². The van der Waals surface area contributed by atoms with Crippen LogP contribution in [-0.4, -0.2) is 12.1 Å². The zero-order valence-corrected chi connectivity index (χ0v) is 12.6. The highest BCUT2D eigenvalue weighted by Gasteiger charge is 2.12. The largest absolute Gasteiger partial charge is 0.497 e. The van der Waals surface area contributed by atoms with Gasteiger partial charge in [0.1, 0.15) is 5.75 Å². The van der Waals surface area contributed by atoms with E-state index in [-0.39, 0.29) is 5.38 Å². The molecule has 2 nitrogen and oxygen atoms in total. The third-order valence-electron chi connectivity index (χ3n) is 3.17. The maximum absolute atomic E-state index is 6.49. The number of aromatic nitrogens is 1. The number of alkyl halides is 1. The summed E-state index contributed by atoms with van der Waals surface area (Å²) in [7, 11) is 1.66. The minimum Gasteiger partial charge on any atom is -0.497 e. The smallest absolute Gasteiger partial charge is 0.118 e. The molecule has 20 heavy (non-hydrogen) atoms. The van der Waals surface area contributed by atoms with Gasteiger partial charge in [-0.25, -0.2) is 4.98 Å². The molecule has 0 bridgehead atoms. The molecule has 0 amide bonds. The van der Waals surface area contributed by atoms with Crippen molar-refractivity contribution in [3.63, 3.8) is 0 Å². The molecule has 0 aliphatic heterocycles. The summed E-state index contributed by atoms with van der Waals surface area (Å²) in [4.78, 5) is 4.62. The third kappa shape index (κ3) is 2.79. The SMILES string of the molecule is COc1ccc(C(Cl)Cc2nc3ccccc3s2)cc1. The lowest BCUT2D eigenvalue weighted by Crippen LogP contribution is -1.95. The first-order chi connectivity index (χ1) is 9.76.